The highest BCUT2D eigenvalue weighted by molar-refractivity contribution is 5.95. The number of pyridine rings is 1. The fourth-order valence-corrected chi connectivity index (χ4v) is 3.14. The van der Waals surface area contributed by atoms with E-state index >= 15 is 0 Å². The largest absolute Gasteiger partial charge is 0.383 e. The van der Waals surface area contributed by atoms with Crippen molar-refractivity contribution in [2.75, 3.05) is 11.9 Å². The number of hydrogen-bond donors (Lipinski definition) is 2. The molecule has 0 spiro atoms. The molecule has 4 rings (SSSR count). The summed E-state index contributed by atoms with van der Waals surface area (Å²) in [5, 5.41) is 7.08. The first kappa shape index (κ1) is 16.6. The van der Waals surface area contributed by atoms with E-state index in [2.05, 4.69) is 66.0 Å². The molecule has 0 bridgehead atoms. The summed E-state index contributed by atoms with van der Waals surface area (Å²) in [4.78, 5) is 4.89. The summed E-state index contributed by atoms with van der Waals surface area (Å²) in [5.74, 6) is 0. The van der Waals surface area contributed by atoms with Crippen molar-refractivity contribution in [1.82, 2.24) is 4.98 Å². The lowest BCUT2D eigenvalue weighted by Crippen LogP contribution is -2.39. The number of rotatable bonds is 4. The van der Waals surface area contributed by atoms with Gasteiger partial charge in [-0.3, -0.25) is 0 Å². The molecule has 0 aliphatic carbocycles. The molecular formula is C23H23N3. The fraction of sp³-hybridized carbons (Fsp3) is 0.174. The number of aromatic nitrogens is 1. The van der Waals surface area contributed by atoms with Crippen molar-refractivity contribution in [3.05, 3.63) is 72.8 Å². The number of para-hydroxylation sites is 1. The van der Waals surface area contributed by atoms with Crippen molar-refractivity contribution in [3.8, 4) is 11.3 Å². The van der Waals surface area contributed by atoms with Crippen LogP contribution in [0, 0.1) is 0 Å². The van der Waals surface area contributed by atoms with Crippen LogP contribution in [-0.2, 0) is 0 Å². The minimum absolute atomic E-state index is 0.284. The molecule has 130 valence electrons. The van der Waals surface area contributed by atoms with E-state index in [1.807, 2.05) is 26.0 Å². The maximum absolute atomic E-state index is 6.16. The topological polar surface area (TPSA) is 50.9 Å². The summed E-state index contributed by atoms with van der Waals surface area (Å²) in [5.41, 5.74) is 10.0. The molecule has 0 atom stereocenters. The van der Waals surface area contributed by atoms with Crippen LogP contribution in [0.3, 0.4) is 0 Å². The molecule has 1 aromatic heterocycles. The van der Waals surface area contributed by atoms with Crippen molar-refractivity contribution in [2.24, 2.45) is 5.73 Å². The summed E-state index contributed by atoms with van der Waals surface area (Å²) < 4.78 is 0. The Labute approximate surface area is 153 Å². The van der Waals surface area contributed by atoms with E-state index in [4.69, 9.17) is 10.7 Å². The Morgan fingerprint density at radius 3 is 2.42 bits per heavy atom. The maximum atomic E-state index is 6.16. The Bertz CT molecular complexity index is 1080. The third kappa shape index (κ3) is 3.39. The lowest BCUT2D eigenvalue weighted by Gasteiger charge is -2.21. The molecule has 3 N–H and O–H groups in total. The summed E-state index contributed by atoms with van der Waals surface area (Å²) >= 11 is 0. The van der Waals surface area contributed by atoms with Gasteiger partial charge in [0, 0.05) is 28.7 Å². The predicted octanol–water partition coefficient (Wildman–Crippen LogP) is 5.20. The molecule has 4 aromatic rings. The van der Waals surface area contributed by atoms with Crippen LogP contribution in [0.2, 0.25) is 0 Å². The molecular weight excluding hydrogens is 318 g/mol. The van der Waals surface area contributed by atoms with Crippen LogP contribution >= 0.6 is 0 Å². The van der Waals surface area contributed by atoms with Crippen LogP contribution in [0.5, 0.6) is 0 Å². The van der Waals surface area contributed by atoms with E-state index in [1.165, 1.54) is 10.8 Å². The van der Waals surface area contributed by atoms with Crippen molar-refractivity contribution in [1.29, 1.82) is 0 Å². The first-order chi connectivity index (χ1) is 12.5. The highest BCUT2D eigenvalue weighted by Gasteiger charge is 2.13. The molecule has 3 heteroatoms. The Kier molecular flexibility index (Phi) is 4.09. The molecule has 3 nitrogen and oxygen atoms in total. The van der Waals surface area contributed by atoms with Crippen molar-refractivity contribution in [3.63, 3.8) is 0 Å². The van der Waals surface area contributed by atoms with Gasteiger partial charge in [-0.05, 0) is 42.8 Å². The van der Waals surface area contributed by atoms with E-state index in [0.29, 0.717) is 6.54 Å². The normalized spacial score (nSPS) is 11.8. The van der Waals surface area contributed by atoms with Crippen molar-refractivity contribution in [2.45, 2.75) is 19.4 Å². The molecule has 0 unspecified atom stereocenters. The molecule has 0 aliphatic rings. The minimum atomic E-state index is -0.284. The lowest BCUT2D eigenvalue weighted by atomic mass is 10.0. The fourth-order valence-electron chi connectivity index (χ4n) is 3.14. The van der Waals surface area contributed by atoms with Gasteiger partial charge in [-0.25, -0.2) is 4.98 Å². The molecule has 1 heterocycles. The zero-order valence-corrected chi connectivity index (χ0v) is 15.2. The van der Waals surface area contributed by atoms with Gasteiger partial charge in [-0.1, -0.05) is 54.6 Å². The zero-order chi connectivity index (χ0) is 18.1. The summed E-state index contributed by atoms with van der Waals surface area (Å²) in [7, 11) is 0. The average molecular weight is 341 g/mol. The van der Waals surface area contributed by atoms with Gasteiger partial charge in [0.05, 0.1) is 11.2 Å². The van der Waals surface area contributed by atoms with Gasteiger partial charge in [-0.15, -0.1) is 0 Å². The van der Waals surface area contributed by atoms with E-state index in [9.17, 15) is 0 Å². The number of nitrogens with one attached hydrogen (secondary N) is 1. The van der Waals surface area contributed by atoms with Crippen LogP contribution in [0.15, 0.2) is 72.8 Å². The Balaban J connectivity index is 1.83. The van der Waals surface area contributed by atoms with Crippen molar-refractivity contribution < 1.29 is 0 Å². The van der Waals surface area contributed by atoms with Crippen LogP contribution in [0.25, 0.3) is 32.9 Å². The average Bonchev–Trinajstić information content (AvgIpc) is 2.65. The number of fused-ring (bicyclic) bond motifs is 2. The molecule has 0 saturated carbocycles. The first-order valence-electron chi connectivity index (χ1n) is 8.91. The Hall–Kier alpha value is -2.91. The highest BCUT2D eigenvalue weighted by atomic mass is 14.9. The molecule has 3 aromatic carbocycles. The smallest absolute Gasteiger partial charge is 0.0730 e. The second-order valence-electron chi connectivity index (χ2n) is 7.48. The molecule has 26 heavy (non-hydrogen) atoms. The summed E-state index contributed by atoms with van der Waals surface area (Å²) in [6.45, 7) is 4.74. The van der Waals surface area contributed by atoms with Gasteiger partial charge in [-0.2, -0.15) is 0 Å². The third-order valence-corrected chi connectivity index (χ3v) is 4.50. The van der Waals surface area contributed by atoms with Crippen LogP contribution in [-0.4, -0.2) is 17.1 Å². The third-order valence-electron chi connectivity index (χ3n) is 4.50. The van der Waals surface area contributed by atoms with Gasteiger partial charge >= 0.3 is 0 Å². The highest BCUT2D eigenvalue weighted by Crippen LogP contribution is 2.30. The van der Waals surface area contributed by atoms with E-state index in [0.717, 1.165) is 27.8 Å². The molecule has 0 saturated heterocycles. The molecule has 0 aliphatic heterocycles. The number of benzene rings is 3. The van der Waals surface area contributed by atoms with E-state index in [-0.39, 0.29) is 5.54 Å². The number of nitrogens with two attached hydrogens (primary N) is 1. The number of anilines is 1. The number of hydrogen-bond acceptors (Lipinski definition) is 3. The van der Waals surface area contributed by atoms with Gasteiger partial charge in [0.1, 0.15) is 0 Å². The Morgan fingerprint density at radius 1 is 0.885 bits per heavy atom. The van der Waals surface area contributed by atoms with Crippen LogP contribution in [0.1, 0.15) is 13.8 Å². The minimum Gasteiger partial charge on any atom is -0.383 e. The summed E-state index contributed by atoms with van der Waals surface area (Å²) in [6.07, 6.45) is 0. The van der Waals surface area contributed by atoms with Gasteiger partial charge in [0.2, 0.25) is 0 Å². The van der Waals surface area contributed by atoms with Gasteiger partial charge in [0.15, 0.2) is 0 Å². The quantitative estimate of drug-likeness (QED) is 0.536. The SMILES string of the molecule is CC(C)(N)CNc1cc(-c2ccc3ccccc3c2)nc2ccccc12. The van der Waals surface area contributed by atoms with Gasteiger partial charge < -0.3 is 11.1 Å². The number of nitrogens with zero attached hydrogens (tertiary/aromatic N) is 1. The lowest BCUT2D eigenvalue weighted by molar-refractivity contribution is 0.549. The van der Waals surface area contributed by atoms with Gasteiger partial charge in [0.25, 0.3) is 0 Å². The van der Waals surface area contributed by atoms with Crippen LogP contribution < -0.4 is 11.1 Å². The second kappa shape index (κ2) is 6.43. The maximum Gasteiger partial charge on any atom is 0.0730 e. The standard InChI is InChI=1S/C23H23N3/c1-23(2,24)15-25-22-14-21(26-20-10-6-5-9-19(20)22)18-12-11-16-7-3-4-8-17(16)13-18/h3-14H,15,24H2,1-2H3,(H,25,26). The zero-order valence-electron chi connectivity index (χ0n) is 15.2. The van der Waals surface area contributed by atoms with Crippen molar-refractivity contribution >= 4 is 27.4 Å². The Morgan fingerprint density at radius 2 is 1.62 bits per heavy atom. The summed E-state index contributed by atoms with van der Waals surface area (Å²) in [6, 6.07) is 25.2. The molecule has 0 fully saturated rings. The monoisotopic (exact) mass is 341 g/mol. The second-order valence-corrected chi connectivity index (χ2v) is 7.48. The van der Waals surface area contributed by atoms with Crippen LogP contribution in [0.4, 0.5) is 5.69 Å². The molecule has 0 radical (unpaired) electrons. The van der Waals surface area contributed by atoms with E-state index in [1.54, 1.807) is 0 Å². The predicted molar refractivity (Wildman–Crippen MR) is 111 cm³/mol. The van der Waals surface area contributed by atoms with E-state index < -0.39 is 0 Å². The first-order valence-corrected chi connectivity index (χ1v) is 8.91. The molecule has 0 amide bonds.